The molecular weight excluding hydrogens is 204 g/mol. The normalized spacial score (nSPS) is 11.5. The quantitative estimate of drug-likeness (QED) is 0.589. The maximum atomic E-state index is 2.34. The van der Waals surface area contributed by atoms with Crippen molar-refractivity contribution in [3.8, 4) is 0 Å². The van der Waals surface area contributed by atoms with E-state index in [4.69, 9.17) is 0 Å². The molecule has 0 radical (unpaired) electrons. The lowest BCUT2D eigenvalue weighted by molar-refractivity contribution is 0.719. The maximum absolute atomic E-state index is 2.34. The summed E-state index contributed by atoms with van der Waals surface area (Å²) in [5.74, 6) is 0.683. The molecule has 17 heavy (non-hydrogen) atoms. The molecule has 1 atom stereocenters. The summed E-state index contributed by atoms with van der Waals surface area (Å²) in [6.45, 7) is 15.9. The summed E-state index contributed by atoms with van der Waals surface area (Å²) in [5.41, 5.74) is 9.02. The SMILES string of the molecule is C.C.CCC(C)c1c(C)c(C)c(C)c(C)c1C. The Hall–Kier alpha value is -0.780. The van der Waals surface area contributed by atoms with Crippen molar-refractivity contribution in [2.45, 2.75) is 75.7 Å². The monoisotopic (exact) mass is 236 g/mol. The van der Waals surface area contributed by atoms with Crippen LogP contribution in [0.15, 0.2) is 0 Å². The van der Waals surface area contributed by atoms with Gasteiger partial charge in [-0.1, -0.05) is 28.7 Å². The van der Waals surface area contributed by atoms with Gasteiger partial charge in [-0.05, 0) is 80.3 Å². The van der Waals surface area contributed by atoms with E-state index in [-0.39, 0.29) is 14.9 Å². The van der Waals surface area contributed by atoms with Crippen molar-refractivity contribution >= 4 is 0 Å². The molecule has 1 aromatic carbocycles. The molecule has 1 aromatic rings. The minimum absolute atomic E-state index is 0. The average Bonchev–Trinajstić information content (AvgIpc) is 2.23. The molecule has 1 rings (SSSR count). The fraction of sp³-hybridized carbons (Fsp3) is 0.647. The molecule has 0 aliphatic carbocycles. The van der Waals surface area contributed by atoms with Gasteiger partial charge in [0.1, 0.15) is 0 Å². The minimum Gasteiger partial charge on any atom is -0.0776 e. The Balaban J connectivity index is 0. The molecule has 0 amide bonds. The first kappa shape index (κ1) is 18.6. The van der Waals surface area contributed by atoms with Crippen LogP contribution in [0.2, 0.25) is 0 Å². The van der Waals surface area contributed by atoms with Gasteiger partial charge in [0.2, 0.25) is 0 Å². The summed E-state index contributed by atoms with van der Waals surface area (Å²) in [7, 11) is 0. The Morgan fingerprint density at radius 3 is 1.29 bits per heavy atom. The highest BCUT2D eigenvalue weighted by atomic mass is 14.2. The van der Waals surface area contributed by atoms with E-state index in [1.807, 2.05) is 0 Å². The molecule has 0 fully saturated rings. The fourth-order valence-corrected chi connectivity index (χ4v) is 2.47. The minimum atomic E-state index is 0. The molecule has 0 aromatic heterocycles. The average molecular weight is 236 g/mol. The predicted octanol–water partition coefficient (Wildman–Crippen LogP) is 6.01. The van der Waals surface area contributed by atoms with Crippen molar-refractivity contribution < 1.29 is 0 Å². The summed E-state index contributed by atoms with van der Waals surface area (Å²) >= 11 is 0. The molecule has 0 aliphatic rings. The Bertz CT molecular complexity index is 343. The van der Waals surface area contributed by atoms with Gasteiger partial charge in [0.15, 0.2) is 0 Å². The van der Waals surface area contributed by atoms with Gasteiger partial charge in [-0.3, -0.25) is 0 Å². The van der Waals surface area contributed by atoms with Crippen molar-refractivity contribution in [2.24, 2.45) is 0 Å². The summed E-state index contributed by atoms with van der Waals surface area (Å²) in [6.07, 6.45) is 1.23. The van der Waals surface area contributed by atoms with Crippen LogP contribution in [-0.2, 0) is 0 Å². The van der Waals surface area contributed by atoms with Crippen LogP contribution in [0.4, 0.5) is 0 Å². The number of hydrogen-bond donors (Lipinski definition) is 0. The Kier molecular flexibility index (Phi) is 7.47. The standard InChI is InChI=1S/C15H24.2CH4/c1-8-9(2)15-13(6)11(4)10(3)12(5)14(15)7;;/h9H,8H2,1-7H3;2*1H4. The summed E-state index contributed by atoms with van der Waals surface area (Å²) in [6, 6.07) is 0. The molecule has 0 saturated carbocycles. The lowest BCUT2D eigenvalue weighted by Gasteiger charge is -2.22. The first-order valence-electron chi connectivity index (χ1n) is 5.98. The van der Waals surface area contributed by atoms with E-state index in [0.717, 1.165) is 0 Å². The lowest BCUT2D eigenvalue weighted by atomic mass is 9.83. The van der Waals surface area contributed by atoms with Crippen LogP contribution in [0.3, 0.4) is 0 Å². The van der Waals surface area contributed by atoms with E-state index in [2.05, 4.69) is 48.5 Å². The van der Waals surface area contributed by atoms with Crippen LogP contribution in [0.1, 0.15) is 74.4 Å². The number of rotatable bonds is 2. The van der Waals surface area contributed by atoms with Crippen LogP contribution in [0.5, 0.6) is 0 Å². The molecule has 0 heteroatoms. The molecule has 1 unspecified atom stereocenters. The molecule has 0 N–H and O–H groups in total. The van der Waals surface area contributed by atoms with Crippen LogP contribution in [0, 0.1) is 34.6 Å². The Morgan fingerprint density at radius 2 is 1.00 bits per heavy atom. The van der Waals surface area contributed by atoms with Crippen LogP contribution >= 0.6 is 0 Å². The van der Waals surface area contributed by atoms with Crippen molar-refractivity contribution in [2.75, 3.05) is 0 Å². The zero-order chi connectivity index (χ0) is 11.7. The van der Waals surface area contributed by atoms with Crippen LogP contribution in [-0.4, -0.2) is 0 Å². The van der Waals surface area contributed by atoms with Crippen molar-refractivity contribution in [1.29, 1.82) is 0 Å². The second-order valence-electron chi connectivity index (χ2n) is 4.85. The summed E-state index contributed by atoms with van der Waals surface area (Å²) in [5, 5.41) is 0. The number of hydrogen-bond acceptors (Lipinski definition) is 0. The lowest BCUT2D eigenvalue weighted by Crippen LogP contribution is -2.05. The van der Waals surface area contributed by atoms with Crippen LogP contribution in [0.25, 0.3) is 0 Å². The molecule has 0 bridgehead atoms. The Morgan fingerprint density at radius 1 is 0.706 bits per heavy atom. The Labute approximate surface area is 109 Å². The van der Waals surface area contributed by atoms with E-state index in [0.29, 0.717) is 5.92 Å². The highest BCUT2D eigenvalue weighted by Gasteiger charge is 2.15. The van der Waals surface area contributed by atoms with Gasteiger partial charge >= 0.3 is 0 Å². The van der Waals surface area contributed by atoms with Gasteiger partial charge in [0, 0.05) is 0 Å². The smallest absolute Gasteiger partial charge is 0.0188 e. The first-order valence-corrected chi connectivity index (χ1v) is 5.98. The third-order valence-electron chi connectivity index (χ3n) is 4.16. The highest BCUT2D eigenvalue weighted by Crippen LogP contribution is 2.32. The molecule has 0 nitrogen and oxygen atoms in total. The topological polar surface area (TPSA) is 0 Å². The summed E-state index contributed by atoms with van der Waals surface area (Å²) in [4.78, 5) is 0. The van der Waals surface area contributed by atoms with E-state index in [9.17, 15) is 0 Å². The molecule has 0 heterocycles. The maximum Gasteiger partial charge on any atom is -0.0188 e. The van der Waals surface area contributed by atoms with Gasteiger partial charge in [0.05, 0.1) is 0 Å². The van der Waals surface area contributed by atoms with E-state index < -0.39 is 0 Å². The van der Waals surface area contributed by atoms with E-state index in [1.54, 1.807) is 5.56 Å². The first-order chi connectivity index (χ1) is 6.91. The second-order valence-corrected chi connectivity index (χ2v) is 4.85. The second kappa shape index (κ2) is 6.83. The molecule has 0 spiro atoms. The van der Waals surface area contributed by atoms with Gasteiger partial charge < -0.3 is 0 Å². The van der Waals surface area contributed by atoms with Crippen LogP contribution < -0.4 is 0 Å². The largest absolute Gasteiger partial charge is 0.0776 e. The van der Waals surface area contributed by atoms with Gasteiger partial charge in [-0.15, -0.1) is 0 Å². The highest BCUT2D eigenvalue weighted by molar-refractivity contribution is 5.50. The van der Waals surface area contributed by atoms with Gasteiger partial charge in [-0.25, -0.2) is 0 Å². The summed E-state index contributed by atoms with van der Waals surface area (Å²) < 4.78 is 0. The third-order valence-corrected chi connectivity index (χ3v) is 4.16. The fourth-order valence-electron chi connectivity index (χ4n) is 2.47. The molecular formula is C17H32. The van der Waals surface area contributed by atoms with Crippen molar-refractivity contribution in [1.82, 2.24) is 0 Å². The molecule has 100 valence electrons. The number of benzene rings is 1. The van der Waals surface area contributed by atoms with Crippen molar-refractivity contribution in [3.05, 3.63) is 33.4 Å². The predicted molar refractivity (Wildman–Crippen MR) is 82.3 cm³/mol. The van der Waals surface area contributed by atoms with E-state index in [1.165, 1.54) is 34.2 Å². The zero-order valence-corrected chi connectivity index (χ0v) is 11.3. The molecule has 0 saturated heterocycles. The van der Waals surface area contributed by atoms with Gasteiger partial charge in [-0.2, -0.15) is 0 Å². The van der Waals surface area contributed by atoms with Crippen molar-refractivity contribution in [3.63, 3.8) is 0 Å². The van der Waals surface area contributed by atoms with Gasteiger partial charge in [0.25, 0.3) is 0 Å². The van der Waals surface area contributed by atoms with E-state index >= 15 is 0 Å². The molecule has 0 aliphatic heterocycles. The zero-order valence-electron chi connectivity index (χ0n) is 11.3. The third kappa shape index (κ3) is 3.12.